The highest BCUT2D eigenvalue weighted by molar-refractivity contribution is 5.79. The van der Waals surface area contributed by atoms with E-state index < -0.39 is 0 Å². The first-order valence-corrected chi connectivity index (χ1v) is 6.71. The molecule has 6 heteroatoms. The Kier molecular flexibility index (Phi) is 7.27. The number of nitrogens with zero attached hydrogens (tertiary/aromatic N) is 1. The normalized spacial score (nSPS) is 11.1. The van der Waals surface area contributed by atoms with Crippen molar-refractivity contribution in [1.29, 1.82) is 0 Å². The maximum atomic E-state index is 5.40. The molecule has 0 saturated heterocycles. The van der Waals surface area contributed by atoms with Crippen molar-refractivity contribution < 1.29 is 9.47 Å². The number of nitrogens with two attached hydrogens (primary N) is 1. The van der Waals surface area contributed by atoms with Crippen LogP contribution in [0.1, 0.15) is 18.9 Å². The Balaban J connectivity index is 2.53. The van der Waals surface area contributed by atoms with Gasteiger partial charge in [0.1, 0.15) is 0 Å². The van der Waals surface area contributed by atoms with Gasteiger partial charge in [0.2, 0.25) is 5.96 Å². The Labute approximate surface area is 120 Å². The molecule has 20 heavy (non-hydrogen) atoms. The average molecular weight is 280 g/mol. The van der Waals surface area contributed by atoms with Crippen molar-refractivity contribution >= 4 is 5.96 Å². The minimum atomic E-state index is 0.618. The molecular formula is C14H24N4O2. The molecule has 0 unspecified atom stereocenters. The fourth-order valence-corrected chi connectivity index (χ4v) is 1.74. The number of guanidine groups is 1. The number of aliphatic imine (C=N–C) groups is 1. The molecule has 0 saturated carbocycles. The molecule has 0 radical (unpaired) electrons. The lowest BCUT2D eigenvalue weighted by molar-refractivity contribution is 0.354. The van der Waals surface area contributed by atoms with Crippen molar-refractivity contribution in [2.24, 2.45) is 10.8 Å². The second-order valence-corrected chi connectivity index (χ2v) is 4.24. The summed E-state index contributed by atoms with van der Waals surface area (Å²) in [6, 6.07) is 5.89. The van der Waals surface area contributed by atoms with Gasteiger partial charge in [0, 0.05) is 13.1 Å². The van der Waals surface area contributed by atoms with Gasteiger partial charge in [0.05, 0.1) is 14.2 Å². The van der Waals surface area contributed by atoms with Crippen LogP contribution in [-0.2, 0) is 6.42 Å². The van der Waals surface area contributed by atoms with E-state index in [2.05, 4.69) is 22.7 Å². The summed E-state index contributed by atoms with van der Waals surface area (Å²) in [4.78, 5) is 4.28. The average Bonchev–Trinajstić information content (AvgIpc) is 2.50. The van der Waals surface area contributed by atoms with E-state index in [1.807, 2.05) is 18.2 Å². The predicted octanol–water partition coefficient (Wildman–Crippen LogP) is 1.07. The first-order chi connectivity index (χ1) is 9.74. The number of hydrogen-bond donors (Lipinski definition) is 3. The molecule has 0 aliphatic carbocycles. The van der Waals surface area contributed by atoms with Crippen LogP contribution >= 0.6 is 0 Å². The molecule has 0 atom stereocenters. The van der Waals surface area contributed by atoms with E-state index in [0.29, 0.717) is 5.96 Å². The number of benzene rings is 1. The lowest BCUT2D eigenvalue weighted by Gasteiger charge is -2.11. The summed E-state index contributed by atoms with van der Waals surface area (Å²) in [5.74, 6) is 7.49. The number of methoxy groups -OCH3 is 2. The van der Waals surface area contributed by atoms with Crippen LogP contribution in [0.25, 0.3) is 0 Å². The van der Waals surface area contributed by atoms with Crippen LogP contribution in [0.4, 0.5) is 0 Å². The second-order valence-electron chi connectivity index (χ2n) is 4.24. The summed E-state index contributed by atoms with van der Waals surface area (Å²) in [6.45, 7) is 3.56. The third-order valence-corrected chi connectivity index (χ3v) is 2.78. The van der Waals surface area contributed by atoms with Gasteiger partial charge in [-0.1, -0.05) is 13.0 Å². The number of rotatable bonds is 7. The van der Waals surface area contributed by atoms with Crippen LogP contribution in [-0.4, -0.2) is 33.3 Å². The van der Waals surface area contributed by atoms with Gasteiger partial charge in [0.25, 0.3) is 0 Å². The van der Waals surface area contributed by atoms with Crippen molar-refractivity contribution in [3.8, 4) is 11.5 Å². The lowest BCUT2D eigenvalue weighted by atomic mass is 10.1. The summed E-state index contributed by atoms with van der Waals surface area (Å²) in [7, 11) is 3.26. The molecule has 0 amide bonds. The van der Waals surface area contributed by atoms with E-state index in [9.17, 15) is 0 Å². The SMILES string of the molecule is CCCN=C(NN)NCCc1ccc(OC)c(OC)c1. The zero-order chi connectivity index (χ0) is 14.8. The first kappa shape index (κ1) is 16.1. The number of hydrogen-bond acceptors (Lipinski definition) is 4. The molecule has 1 aromatic rings. The zero-order valence-electron chi connectivity index (χ0n) is 12.4. The fourth-order valence-electron chi connectivity index (χ4n) is 1.74. The minimum Gasteiger partial charge on any atom is -0.493 e. The Morgan fingerprint density at radius 2 is 2.00 bits per heavy atom. The lowest BCUT2D eigenvalue weighted by Crippen LogP contribution is -2.42. The molecule has 0 aliphatic heterocycles. The Bertz CT molecular complexity index is 435. The molecule has 0 aromatic heterocycles. The summed E-state index contributed by atoms with van der Waals surface area (Å²) < 4.78 is 10.5. The minimum absolute atomic E-state index is 0.618. The van der Waals surface area contributed by atoms with Gasteiger partial charge >= 0.3 is 0 Å². The van der Waals surface area contributed by atoms with Crippen LogP contribution in [0.15, 0.2) is 23.2 Å². The second kappa shape index (κ2) is 9.03. The van der Waals surface area contributed by atoms with Crippen LogP contribution in [0, 0.1) is 0 Å². The van der Waals surface area contributed by atoms with Gasteiger partial charge in [-0.2, -0.15) is 0 Å². The highest BCUT2D eigenvalue weighted by Crippen LogP contribution is 2.27. The Morgan fingerprint density at radius 1 is 1.25 bits per heavy atom. The van der Waals surface area contributed by atoms with Crippen molar-refractivity contribution in [3.05, 3.63) is 23.8 Å². The third-order valence-electron chi connectivity index (χ3n) is 2.78. The molecule has 0 spiro atoms. The highest BCUT2D eigenvalue weighted by Gasteiger charge is 2.04. The van der Waals surface area contributed by atoms with E-state index in [0.717, 1.165) is 43.0 Å². The molecule has 0 aliphatic rings. The Hall–Kier alpha value is -1.95. The summed E-state index contributed by atoms with van der Waals surface area (Å²) in [5, 5.41) is 3.16. The maximum absolute atomic E-state index is 5.40. The smallest absolute Gasteiger partial charge is 0.205 e. The maximum Gasteiger partial charge on any atom is 0.205 e. The van der Waals surface area contributed by atoms with Gasteiger partial charge in [0.15, 0.2) is 11.5 Å². The van der Waals surface area contributed by atoms with Gasteiger partial charge in [-0.15, -0.1) is 0 Å². The van der Waals surface area contributed by atoms with Crippen molar-refractivity contribution in [3.63, 3.8) is 0 Å². The van der Waals surface area contributed by atoms with Gasteiger partial charge in [-0.25, -0.2) is 5.84 Å². The number of hydrazine groups is 1. The van der Waals surface area contributed by atoms with Gasteiger partial charge < -0.3 is 14.8 Å². The van der Waals surface area contributed by atoms with Crippen LogP contribution in [0.3, 0.4) is 0 Å². The monoisotopic (exact) mass is 280 g/mol. The van der Waals surface area contributed by atoms with Gasteiger partial charge in [-0.05, 0) is 30.5 Å². The predicted molar refractivity (Wildman–Crippen MR) is 81.2 cm³/mol. The van der Waals surface area contributed by atoms with E-state index in [-0.39, 0.29) is 0 Å². The third kappa shape index (κ3) is 4.97. The molecule has 1 rings (SSSR count). The standard InChI is InChI=1S/C14H24N4O2/c1-4-8-16-14(18-15)17-9-7-11-5-6-12(19-2)13(10-11)20-3/h5-6,10H,4,7-9,15H2,1-3H3,(H2,16,17,18). The Morgan fingerprint density at radius 3 is 2.60 bits per heavy atom. The zero-order valence-corrected chi connectivity index (χ0v) is 12.4. The molecule has 0 heterocycles. The quantitative estimate of drug-likeness (QED) is 0.301. The summed E-state index contributed by atoms with van der Waals surface area (Å²) in [5.41, 5.74) is 3.71. The number of ether oxygens (including phenoxy) is 2. The van der Waals surface area contributed by atoms with Crippen LogP contribution in [0.2, 0.25) is 0 Å². The van der Waals surface area contributed by atoms with Crippen molar-refractivity contribution in [1.82, 2.24) is 10.7 Å². The fraction of sp³-hybridized carbons (Fsp3) is 0.500. The molecule has 1 aromatic carbocycles. The van der Waals surface area contributed by atoms with Gasteiger partial charge in [-0.3, -0.25) is 10.4 Å². The van der Waals surface area contributed by atoms with Crippen LogP contribution in [0.5, 0.6) is 11.5 Å². The molecular weight excluding hydrogens is 256 g/mol. The molecule has 0 bridgehead atoms. The van der Waals surface area contributed by atoms with Crippen molar-refractivity contribution in [2.45, 2.75) is 19.8 Å². The summed E-state index contributed by atoms with van der Waals surface area (Å²) in [6.07, 6.45) is 1.83. The van der Waals surface area contributed by atoms with Crippen molar-refractivity contribution in [2.75, 3.05) is 27.3 Å². The first-order valence-electron chi connectivity index (χ1n) is 6.71. The molecule has 4 N–H and O–H groups in total. The van der Waals surface area contributed by atoms with E-state index in [4.69, 9.17) is 15.3 Å². The number of nitrogens with one attached hydrogen (secondary N) is 2. The molecule has 6 nitrogen and oxygen atoms in total. The van der Waals surface area contributed by atoms with E-state index in [1.54, 1.807) is 14.2 Å². The largest absolute Gasteiger partial charge is 0.493 e. The van der Waals surface area contributed by atoms with Crippen LogP contribution < -0.4 is 26.1 Å². The highest BCUT2D eigenvalue weighted by atomic mass is 16.5. The summed E-state index contributed by atoms with van der Waals surface area (Å²) >= 11 is 0. The molecule has 112 valence electrons. The topological polar surface area (TPSA) is 80.9 Å². The molecule has 0 fully saturated rings. The van der Waals surface area contributed by atoms with E-state index in [1.165, 1.54) is 0 Å². The van der Waals surface area contributed by atoms with E-state index >= 15 is 0 Å².